The molecule has 0 amide bonds. The van der Waals surface area contributed by atoms with Gasteiger partial charge in [-0.2, -0.15) is 5.26 Å². The van der Waals surface area contributed by atoms with Crippen molar-refractivity contribution in [2.45, 2.75) is 19.1 Å². The molecule has 1 aromatic heterocycles. The number of ketones is 1. The number of nitrogens with zero attached hydrogens (tertiary/aromatic N) is 1. The van der Waals surface area contributed by atoms with E-state index < -0.39 is 12.2 Å². The van der Waals surface area contributed by atoms with Gasteiger partial charge in [0.05, 0.1) is 10.9 Å². The molecule has 0 saturated carbocycles. The second-order valence-electron chi connectivity index (χ2n) is 2.82. The third-order valence-corrected chi connectivity index (χ3v) is 2.79. The number of carbonyl (C=O) groups excluding carboxylic acids is 1. The third-order valence-electron chi connectivity index (χ3n) is 1.74. The van der Waals surface area contributed by atoms with Gasteiger partial charge in [0.1, 0.15) is 6.10 Å². The van der Waals surface area contributed by atoms with E-state index in [1.165, 1.54) is 30.4 Å². The second kappa shape index (κ2) is 4.33. The number of aliphatic hydroxyl groups excluding tert-OH is 2. The lowest BCUT2D eigenvalue weighted by molar-refractivity contribution is 0.0530. The third kappa shape index (κ3) is 2.17. The molecule has 1 rings (SSSR count). The number of hydrogen-bond acceptors (Lipinski definition) is 5. The first-order chi connectivity index (χ1) is 6.56. The van der Waals surface area contributed by atoms with Crippen molar-refractivity contribution in [3.05, 3.63) is 21.9 Å². The number of rotatable bonds is 3. The van der Waals surface area contributed by atoms with Crippen LogP contribution in [0.3, 0.4) is 0 Å². The second-order valence-corrected chi connectivity index (χ2v) is 3.73. The first-order valence-corrected chi connectivity index (χ1v) is 4.79. The molecule has 1 aromatic rings. The molecule has 74 valence electrons. The summed E-state index contributed by atoms with van der Waals surface area (Å²) in [4.78, 5) is 11.4. The lowest BCUT2D eigenvalue weighted by atomic mass is 10.1. The molecule has 0 aliphatic rings. The molecular weight excluding hydrogens is 202 g/mol. The highest BCUT2D eigenvalue weighted by atomic mass is 32.1. The van der Waals surface area contributed by atoms with Gasteiger partial charge in [-0.3, -0.25) is 4.79 Å². The van der Waals surface area contributed by atoms with E-state index in [0.717, 1.165) is 0 Å². The van der Waals surface area contributed by atoms with Gasteiger partial charge in [-0.1, -0.05) is 0 Å². The van der Waals surface area contributed by atoms with E-state index in [2.05, 4.69) is 0 Å². The van der Waals surface area contributed by atoms with Crippen molar-refractivity contribution < 1.29 is 15.0 Å². The molecule has 2 N–H and O–H groups in total. The Hall–Kier alpha value is -1.22. The van der Waals surface area contributed by atoms with Crippen molar-refractivity contribution in [2.75, 3.05) is 0 Å². The van der Waals surface area contributed by atoms with E-state index in [0.29, 0.717) is 10.4 Å². The van der Waals surface area contributed by atoms with Crippen LogP contribution in [0.1, 0.15) is 28.3 Å². The fraction of sp³-hybridized carbons (Fsp3) is 0.333. The fourth-order valence-electron chi connectivity index (χ4n) is 0.944. The Labute approximate surface area is 85.0 Å². The Bertz CT molecular complexity index is 380. The van der Waals surface area contributed by atoms with Crippen LogP contribution in [0.15, 0.2) is 11.4 Å². The first-order valence-electron chi connectivity index (χ1n) is 3.91. The van der Waals surface area contributed by atoms with Gasteiger partial charge >= 0.3 is 0 Å². The molecular formula is C9H9NO3S. The average Bonchev–Trinajstić information content (AvgIpc) is 2.64. The fourth-order valence-corrected chi connectivity index (χ4v) is 1.78. The Balaban J connectivity index is 2.87. The smallest absolute Gasteiger partial charge is 0.170 e. The van der Waals surface area contributed by atoms with Crippen molar-refractivity contribution in [3.8, 4) is 6.07 Å². The van der Waals surface area contributed by atoms with E-state index in [4.69, 9.17) is 10.4 Å². The van der Waals surface area contributed by atoms with Crippen molar-refractivity contribution in [1.29, 1.82) is 5.26 Å². The summed E-state index contributed by atoms with van der Waals surface area (Å²) in [5, 5.41) is 28.4. The summed E-state index contributed by atoms with van der Waals surface area (Å²) in [7, 11) is 0. The summed E-state index contributed by atoms with van der Waals surface area (Å²) in [5.41, 5.74) is 0.397. The van der Waals surface area contributed by atoms with Crippen LogP contribution in [0, 0.1) is 11.3 Å². The standard InChI is InChI=1S/C9H9NO3S/c1-5(11)8-2-6(4-14-8)9(13)7(12)3-10/h2,4,7,9,12-13H,1H3. The largest absolute Gasteiger partial charge is 0.385 e. The van der Waals surface area contributed by atoms with Crippen LogP contribution in [0.5, 0.6) is 0 Å². The summed E-state index contributed by atoms with van der Waals surface area (Å²) in [5.74, 6) is -0.0973. The highest BCUT2D eigenvalue weighted by molar-refractivity contribution is 7.12. The summed E-state index contributed by atoms with van der Waals surface area (Å²) < 4.78 is 0. The number of thiophene rings is 1. The van der Waals surface area contributed by atoms with Crippen LogP contribution in [0.25, 0.3) is 0 Å². The number of Topliss-reactive ketones (excluding diaryl/α,β-unsaturated/α-hetero) is 1. The monoisotopic (exact) mass is 211 g/mol. The van der Waals surface area contributed by atoms with E-state index in [1.807, 2.05) is 0 Å². The van der Waals surface area contributed by atoms with Crippen LogP contribution >= 0.6 is 11.3 Å². The van der Waals surface area contributed by atoms with Gasteiger partial charge in [0.25, 0.3) is 0 Å². The molecule has 0 saturated heterocycles. The molecule has 4 nitrogen and oxygen atoms in total. The Morgan fingerprint density at radius 2 is 2.29 bits per heavy atom. The number of carbonyl (C=O) groups is 1. The normalized spacial score (nSPS) is 14.4. The van der Waals surface area contributed by atoms with Gasteiger partial charge in [-0.15, -0.1) is 11.3 Å². The highest BCUT2D eigenvalue weighted by Gasteiger charge is 2.19. The molecule has 2 unspecified atom stereocenters. The molecule has 5 heteroatoms. The van der Waals surface area contributed by atoms with E-state index in [9.17, 15) is 9.90 Å². The summed E-state index contributed by atoms with van der Waals surface area (Å²) in [6, 6.07) is 3.01. The summed E-state index contributed by atoms with van der Waals surface area (Å²) in [6.07, 6.45) is -2.70. The Morgan fingerprint density at radius 3 is 2.71 bits per heavy atom. The lowest BCUT2D eigenvalue weighted by Crippen LogP contribution is -2.14. The molecule has 0 bridgehead atoms. The predicted molar refractivity (Wildman–Crippen MR) is 50.9 cm³/mol. The van der Waals surface area contributed by atoms with Crippen molar-refractivity contribution in [2.24, 2.45) is 0 Å². The van der Waals surface area contributed by atoms with Gasteiger partial charge in [-0.05, 0) is 23.9 Å². The maximum atomic E-state index is 10.9. The average molecular weight is 211 g/mol. The van der Waals surface area contributed by atoms with Crippen molar-refractivity contribution >= 4 is 17.1 Å². The zero-order valence-electron chi connectivity index (χ0n) is 7.47. The maximum Gasteiger partial charge on any atom is 0.170 e. The van der Waals surface area contributed by atoms with Gasteiger partial charge in [0.2, 0.25) is 0 Å². The number of nitriles is 1. The molecule has 0 aliphatic heterocycles. The zero-order valence-corrected chi connectivity index (χ0v) is 8.28. The summed E-state index contributed by atoms with van der Waals surface area (Å²) >= 11 is 1.18. The van der Waals surface area contributed by atoms with Crippen LogP contribution in [-0.4, -0.2) is 22.1 Å². The van der Waals surface area contributed by atoms with Gasteiger partial charge in [-0.25, -0.2) is 0 Å². The van der Waals surface area contributed by atoms with Gasteiger partial charge in [0, 0.05) is 0 Å². The molecule has 2 atom stereocenters. The summed E-state index contributed by atoms with van der Waals surface area (Å²) in [6.45, 7) is 1.42. The zero-order chi connectivity index (χ0) is 10.7. The van der Waals surface area contributed by atoms with Gasteiger partial charge < -0.3 is 10.2 Å². The van der Waals surface area contributed by atoms with Crippen molar-refractivity contribution in [3.63, 3.8) is 0 Å². The quantitative estimate of drug-likeness (QED) is 0.574. The Kier molecular flexibility index (Phi) is 3.36. The Morgan fingerprint density at radius 1 is 1.64 bits per heavy atom. The maximum absolute atomic E-state index is 10.9. The number of aliphatic hydroxyl groups is 2. The molecule has 0 aliphatic carbocycles. The molecule has 14 heavy (non-hydrogen) atoms. The van der Waals surface area contributed by atoms with Crippen LogP contribution in [-0.2, 0) is 0 Å². The van der Waals surface area contributed by atoms with E-state index in [-0.39, 0.29) is 5.78 Å². The molecule has 0 radical (unpaired) electrons. The lowest BCUT2D eigenvalue weighted by Gasteiger charge is -2.08. The minimum atomic E-state index is -1.45. The molecule has 0 fully saturated rings. The van der Waals surface area contributed by atoms with Crippen LogP contribution in [0.4, 0.5) is 0 Å². The SMILES string of the molecule is CC(=O)c1cc(C(O)C(O)C#N)cs1. The van der Waals surface area contributed by atoms with E-state index >= 15 is 0 Å². The highest BCUT2D eigenvalue weighted by Crippen LogP contribution is 2.23. The van der Waals surface area contributed by atoms with Crippen molar-refractivity contribution in [1.82, 2.24) is 0 Å². The minimum Gasteiger partial charge on any atom is -0.385 e. The minimum absolute atomic E-state index is 0.0973. The first kappa shape index (κ1) is 10.9. The molecule has 0 aromatic carbocycles. The van der Waals surface area contributed by atoms with Gasteiger partial charge in [0.15, 0.2) is 11.9 Å². The topological polar surface area (TPSA) is 81.3 Å². The van der Waals surface area contributed by atoms with Crippen LogP contribution in [0.2, 0.25) is 0 Å². The predicted octanol–water partition coefficient (Wildman–Crippen LogP) is 0.869. The molecule has 0 spiro atoms. The molecule has 1 heterocycles. The number of hydrogen-bond donors (Lipinski definition) is 2. The van der Waals surface area contributed by atoms with E-state index in [1.54, 1.807) is 5.38 Å². The van der Waals surface area contributed by atoms with Crippen LogP contribution < -0.4 is 0 Å².